The Morgan fingerprint density at radius 2 is 2.06 bits per heavy atom. The lowest BCUT2D eigenvalue weighted by molar-refractivity contribution is -0.111. The van der Waals surface area contributed by atoms with E-state index in [-0.39, 0.29) is 21.6 Å². The van der Waals surface area contributed by atoms with Gasteiger partial charge < -0.3 is 9.15 Å². The maximum atomic E-state index is 11.5. The molecule has 0 aliphatic heterocycles. The number of carbonyl (C=O) groups is 3. The van der Waals surface area contributed by atoms with Crippen molar-refractivity contribution in [3.63, 3.8) is 0 Å². The number of Topliss-reactive ketones (excluding diaryl/α,β-unsaturated/α-hetero) is 2. The smallest absolute Gasteiger partial charge is 0.373 e. The summed E-state index contributed by atoms with van der Waals surface area (Å²) in [5, 5.41) is 0. The third kappa shape index (κ3) is 1.51. The van der Waals surface area contributed by atoms with E-state index >= 15 is 0 Å². The second kappa shape index (κ2) is 3.71. The predicted octanol–water partition coefficient (Wildman–Crippen LogP) is 1.57. The van der Waals surface area contributed by atoms with Gasteiger partial charge in [-0.1, -0.05) is 0 Å². The molecule has 1 aliphatic rings. The van der Waals surface area contributed by atoms with Gasteiger partial charge in [-0.3, -0.25) is 9.59 Å². The third-order valence-corrected chi connectivity index (χ3v) is 2.66. The number of hydrogen-bond acceptors (Lipinski definition) is 5. The van der Waals surface area contributed by atoms with Gasteiger partial charge >= 0.3 is 5.97 Å². The van der Waals surface area contributed by atoms with E-state index in [1.807, 2.05) is 0 Å². The molecule has 6 heteroatoms. The van der Waals surface area contributed by atoms with Crippen molar-refractivity contribution in [1.29, 1.82) is 0 Å². The summed E-state index contributed by atoms with van der Waals surface area (Å²) in [5.74, 6) is -1.99. The molecule has 0 atom stereocenters. The molecule has 0 amide bonds. The summed E-state index contributed by atoms with van der Waals surface area (Å²) in [5.41, 5.74) is 0.0774. The first kappa shape index (κ1) is 10.8. The SMILES string of the molecule is COC(=O)c1cc2c(o1)C=C(Br)C(=O)C2=O. The molecule has 0 bridgehead atoms. The summed E-state index contributed by atoms with van der Waals surface area (Å²) in [6, 6.07) is 1.21. The Morgan fingerprint density at radius 1 is 1.38 bits per heavy atom. The van der Waals surface area contributed by atoms with Gasteiger partial charge in [-0.2, -0.15) is 0 Å². The molecule has 1 aromatic heterocycles. The minimum atomic E-state index is -0.705. The molecule has 1 heterocycles. The topological polar surface area (TPSA) is 73.6 Å². The van der Waals surface area contributed by atoms with E-state index in [9.17, 15) is 14.4 Å². The summed E-state index contributed by atoms with van der Waals surface area (Å²) in [6.45, 7) is 0. The van der Waals surface area contributed by atoms with Gasteiger partial charge in [0.2, 0.25) is 17.3 Å². The zero-order valence-corrected chi connectivity index (χ0v) is 9.66. The molecule has 1 aromatic rings. The molecule has 0 fully saturated rings. The second-order valence-electron chi connectivity index (χ2n) is 3.03. The summed E-state index contributed by atoms with van der Waals surface area (Å²) < 4.78 is 9.64. The number of ether oxygens (including phenoxy) is 1. The van der Waals surface area contributed by atoms with Crippen LogP contribution in [0.1, 0.15) is 26.7 Å². The number of carbonyl (C=O) groups excluding carboxylic acids is 3. The van der Waals surface area contributed by atoms with E-state index in [0.717, 1.165) is 0 Å². The summed E-state index contributed by atoms with van der Waals surface area (Å²) >= 11 is 2.94. The van der Waals surface area contributed by atoms with E-state index < -0.39 is 17.5 Å². The molecule has 0 radical (unpaired) electrons. The number of halogens is 1. The van der Waals surface area contributed by atoms with Crippen molar-refractivity contribution >= 4 is 39.5 Å². The Labute approximate surface area is 98.2 Å². The standard InChI is InChI=1S/C10H5BrO5/c1-15-10(14)7-2-4-6(16-7)3-5(11)9(13)8(4)12/h2-3H,1H3. The quantitative estimate of drug-likeness (QED) is 0.578. The number of allylic oxidation sites excluding steroid dienone is 1. The molecule has 0 spiro atoms. The molecule has 0 aromatic carbocycles. The van der Waals surface area contributed by atoms with E-state index in [4.69, 9.17) is 4.42 Å². The van der Waals surface area contributed by atoms with E-state index in [1.54, 1.807) is 0 Å². The van der Waals surface area contributed by atoms with Crippen LogP contribution in [0.4, 0.5) is 0 Å². The lowest BCUT2D eigenvalue weighted by Crippen LogP contribution is -2.17. The minimum absolute atomic E-state index is 0.0774. The molecule has 0 unspecified atom stereocenters. The lowest BCUT2D eigenvalue weighted by atomic mass is 10.0. The van der Waals surface area contributed by atoms with Gasteiger partial charge in [0.05, 0.1) is 17.2 Å². The molecular formula is C10H5BrO5. The van der Waals surface area contributed by atoms with Crippen molar-refractivity contribution in [2.45, 2.75) is 0 Å². The van der Waals surface area contributed by atoms with Crippen molar-refractivity contribution in [3.05, 3.63) is 27.6 Å². The first-order valence-corrected chi connectivity index (χ1v) is 5.02. The first-order valence-electron chi connectivity index (χ1n) is 4.23. The molecule has 1 aliphatic carbocycles. The molecule has 0 saturated carbocycles. The van der Waals surface area contributed by atoms with Gasteiger partial charge in [-0.05, 0) is 22.0 Å². The molecule has 0 saturated heterocycles. The number of hydrogen-bond donors (Lipinski definition) is 0. The molecule has 2 rings (SSSR count). The Bertz CT molecular complexity index is 537. The van der Waals surface area contributed by atoms with Crippen molar-refractivity contribution in [1.82, 2.24) is 0 Å². The number of ketones is 2. The number of fused-ring (bicyclic) bond motifs is 1. The average Bonchev–Trinajstić information content (AvgIpc) is 2.69. The summed E-state index contributed by atoms with van der Waals surface area (Å²) in [6.07, 6.45) is 1.35. The fourth-order valence-corrected chi connectivity index (χ4v) is 1.69. The van der Waals surface area contributed by atoms with Crippen LogP contribution in [0.25, 0.3) is 6.08 Å². The van der Waals surface area contributed by atoms with Crippen LogP contribution in [0.2, 0.25) is 0 Å². The molecular weight excluding hydrogens is 280 g/mol. The number of furan rings is 1. The van der Waals surface area contributed by atoms with Gasteiger partial charge in [0, 0.05) is 6.07 Å². The first-order chi connectivity index (χ1) is 7.54. The lowest BCUT2D eigenvalue weighted by Gasteiger charge is -2.03. The van der Waals surface area contributed by atoms with Gasteiger partial charge in [-0.25, -0.2) is 4.79 Å². The van der Waals surface area contributed by atoms with Gasteiger partial charge in [0.15, 0.2) is 0 Å². The largest absolute Gasteiger partial charge is 0.463 e. The zero-order chi connectivity index (χ0) is 11.9. The monoisotopic (exact) mass is 284 g/mol. The van der Waals surface area contributed by atoms with Crippen LogP contribution >= 0.6 is 15.9 Å². The zero-order valence-electron chi connectivity index (χ0n) is 8.07. The highest BCUT2D eigenvalue weighted by Crippen LogP contribution is 2.27. The van der Waals surface area contributed by atoms with Crippen molar-refractivity contribution in [2.24, 2.45) is 0 Å². The number of methoxy groups -OCH3 is 1. The van der Waals surface area contributed by atoms with Gasteiger partial charge in [0.1, 0.15) is 5.76 Å². The highest BCUT2D eigenvalue weighted by Gasteiger charge is 2.30. The van der Waals surface area contributed by atoms with Crippen LogP contribution in [0.5, 0.6) is 0 Å². The Morgan fingerprint density at radius 3 is 2.69 bits per heavy atom. The van der Waals surface area contributed by atoms with Crippen molar-refractivity contribution < 1.29 is 23.5 Å². The fraction of sp³-hybridized carbons (Fsp3) is 0.100. The summed E-state index contributed by atoms with van der Waals surface area (Å²) in [4.78, 5) is 34.0. The average molecular weight is 285 g/mol. The van der Waals surface area contributed by atoms with Crippen LogP contribution in [0.3, 0.4) is 0 Å². The molecule has 16 heavy (non-hydrogen) atoms. The van der Waals surface area contributed by atoms with Crippen LogP contribution in [-0.4, -0.2) is 24.6 Å². The van der Waals surface area contributed by atoms with Crippen molar-refractivity contribution in [2.75, 3.05) is 7.11 Å². The summed E-state index contributed by atoms with van der Waals surface area (Å²) in [7, 11) is 1.20. The number of rotatable bonds is 1. The minimum Gasteiger partial charge on any atom is -0.463 e. The Hall–Kier alpha value is -1.69. The highest BCUT2D eigenvalue weighted by molar-refractivity contribution is 9.12. The normalized spacial score (nSPS) is 14.5. The Balaban J connectivity index is 2.55. The second-order valence-corrected chi connectivity index (χ2v) is 3.89. The van der Waals surface area contributed by atoms with Gasteiger partial charge in [0.25, 0.3) is 0 Å². The van der Waals surface area contributed by atoms with E-state index in [1.165, 1.54) is 19.3 Å². The van der Waals surface area contributed by atoms with Crippen LogP contribution in [0.15, 0.2) is 15.0 Å². The van der Waals surface area contributed by atoms with Crippen LogP contribution in [-0.2, 0) is 9.53 Å². The van der Waals surface area contributed by atoms with E-state index in [2.05, 4.69) is 20.7 Å². The molecule has 0 N–H and O–H groups in total. The third-order valence-electron chi connectivity index (χ3n) is 2.07. The maximum absolute atomic E-state index is 11.5. The van der Waals surface area contributed by atoms with Crippen LogP contribution < -0.4 is 0 Å². The Kier molecular flexibility index (Phi) is 2.51. The van der Waals surface area contributed by atoms with Crippen molar-refractivity contribution in [3.8, 4) is 0 Å². The highest BCUT2D eigenvalue weighted by atomic mass is 79.9. The molecule has 82 valence electrons. The number of esters is 1. The molecule has 5 nitrogen and oxygen atoms in total. The van der Waals surface area contributed by atoms with E-state index in [0.29, 0.717) is 0 Å². The predicted molar refractivity (Wildman–Crippen MR) is 56.3 cm³/mol. The fourth-order valence-electron chi connectivity index (χ4n) is 1.30. The van der Waals surface area contributed by atoms with Crippen LogP contribution in [0, 0.1) is 0 Å². The van der Waals surface area contributed by atoms with Gasteiger partial charge in [-0.15, -0.1) is 0 Å². The maximum Gasteiger partial charge on any atom is 0.373 e.